The monoisotopic (exact) mass is 290 g/mol. The molecule has 0 N–H and O–H groups in total. The van der Waals surface area contributed by atoms with Crippen molar-refractivity contribution >= 4 is 29.6 Å². The highest BCUT2D eigenvalue weighted by molar-refractivity contribution is 6.35. The van der Waals surface area contributed by atoms with E-state index in [1.807, 2.05) is 0 Å². The first kappa shape index (κ1) is 14.1. The maximum absolute atomic E-state index is 12.3. The smallest absolute Gasteiger partial charge is 0.267 e. The summed E-state index contributed by atoms with van der Waals surface area (Å²) in [7, 11) is 0. The Morgan fingerprint density at radius 3 is 3.00 bits per heavy atom. The van der Waals surface area contributed by atoms with Gasteiger partial charge in [0, 0.05) is 6.21 Å². The number of hydrogen-bond acceptors (Lipinski definition) is 3. The molecule has 1 aliphatic heterocycles. The third-order valence-electron chi connectivity index (χ3n) is 2.64. The molecule has 0 saturated heterocycles. The van der Waals surface area contributed by atoms with Gasteiger partial charge < -0.3 is 9.32 Å². The van der Waals surface area contributed by atoms with E-state index in [1.54, 1.807) is 12.1 Å². The van der Waals surface area contributed by atoms with E-state index in [2.05, 4.69) is 10.9 Å². The van der Waals surface area contributed by atoms with Crippen molar-refractivity contribution in [3.63, 3.8) is 0 Å². The van der Waals surface area contributed by atoms with Gasteiger partial charge in [0.25, 0.3) is 11.8 Å². The summed E-state index contributed by atoms with van der Waals surface area (Å²) in [4.78, 5) is 28.5. The molecule has 2 rings (SSSR count). The first-order chi connectivity index (χ1) is 9.61. The summed E-state index contributed by atoms with van der Waals surface area (Å²) in [6, 6.07) is 3.47. The predicted molar refractivity (Wildman–Crippen MR) is 74.2 cm³/mol. The van der Waals surface area contributed by atoms with E-state index < -0.39 is 11.3 Å². The highest BCUT2D eigenvalue weighted by Gasteiger charge is 2.24. The molecule has 6 heteroatoms. The van der Waals surface area contributed by atoms with Crippen LogP contribution >= 0.6 is 11.6 Å². The van der Waals surface area contributed by atoms with Crippen LogP contribution in [0.2, 0.25) is 0 Å². The lowest BCUT2D eigenvalue weighted by Gasteiger charge is -2.20. The number of dihydropyridines is 1. The SMILES string of the molecule is C#CCN(Cc1ccco1)C(=O)C1=CC(Cl)C(=O)N=C1. The van der Waals surface area contributed by atoms with Gasteiger partial charge in [-0.2, -0.15) is 0 Å². The molecule has 2 amide bonds. The Morgan fingerprint density at radius 2 is 2.40 bits per heavy atom. The van der Waals surface area contributed by atoms with Gasteiger partial charge in [0.15, 0.2) is 0 Å². The van der Waals surface area contributed by atoms with Crippen LogP contribution in [0.4, 0.5) is 0 Å². The van der Waals surface area contributed by atoms with Crippen molar-refractivity contribution in [2.45, 2.75) is 11.9 Å². The lowest BCUT2D eigenvalue weighted by Crippen LogP contribution is -2.34. The minimum Gasteiger partial charge on any atom is -0.467 e. The van der Waals surface area contributed by atoms with Gasteiger partial charge in [-0.05, 0) is 18.2 Å². The number of halogens is 1. The van der Waals surface area contributed by atoms with Gasteiger partial charge in [-0.25, -0.2) is 4.99 Å². The standard InChI is InChI=1S/C14H11ClN2O3/c1-2-5-17(9-11-4-3-6-20-11)14(19)10-7-12(15)13(18)16-8-10/h1,3-4,6-8,12H,5,9H2. The fraction of sp³-hybridized carbons (Fsp3) is 0.214. The molecule has 0 radical (unpaired) electrons. The maximum Gasteiger partial charge on any atom is 0.267 e. The molecule has 2 heterocycles. The van der Waals surface area contributed by atoms with Crippen LogP contribution in [0, 0.1) is 12.3 Å². The lowest BCUT2D eigenvalue weighted by atomic mass is 10.1. The van der Waals surface area contributed by atoms with Crippen molar-refractivity contribution in [3.8, 4) is 12.3 Å². The molecule has 0 bridgehead atoms. The molecular weight excluding hydrogens is 280 g/mol. The molecule has 1 aliphatic rings. The van der Waals surface area contributed by atoms with E-state index >= 15 is 0 Å². The molecule has 0 aliphatic carbocycles. The van der Waals surface area contributed by atoms with Gasteiger partial charge in [-0.15, -0.1) is 18.0 Å². The van der Waals surface area contributed by atoms with Crippen molar-refractivity contribution in [3.05, 3.63) is 35.8 Å². The highest BCUT2D eigenvalue weighted by atomic mass is 35.5. The summed E-state index contributed by atoms with van der Waals surface area (Å²) in [5.74, 6) is 2.19. The Balaban J connectivity index is 2.15. The van der Waals surface area contributed by atoms with E-state index in [-0.39, 0.29) is 24.6 Å². The average molecular weight is 291 g/mol. The second-order valence-corrected chi connectivity index (χ2v) is 4.54. The first-order valence-electron chi connectivity index (χ1n) is 5.80. The van der Waals surface area contributed by atoms with E-state index in [4.69, 9.17) is 22.4 Å². The minimum absolute atomic E-state index is 0.117. The van der Waals surface area contributed by atoms with Crippen LogP contribution in [0.3, 0.4) is 0 Å². The Kier molecular flexibility index (Phi) is 4.38. The molecule has 0 spiro atoms. The molecule has 1 aromatic rings. The molecule has 0 fully saturated rings. The van der Waals surface area contributed by atoms with Crippen LogP contribution in [0.15, 0.2) is 39.5 Å². The van der Waals surface area contributed by atoms with Gasteiger partial charge in [0.05, 0.1) is 24.9 Å². The zero-order valence-electron chi connectivity index (χ0n) is 10.5. The molecule has 1 aromatic heterocycles. The summed E-state index contributed by atoms with van der Waals surface area (Å²) in [6.45, 7) is 0.355. The van der Waals surface area contributed by atoms with Crippen LogP contribution in [-0.2, 0) is 16.1 Å². The summed E-state index contributed by atoms with van der Waals surface area (Å²) < 4.78 is 5.19. The number of aliphatic imine (C=N–C) groups is 1. The fourth-order valence-corrected chi connectivity index (χ4v) is 1.88. The van der Waals surface area contributed by atoms with Crippen LogP contribution < -0.4 is 0 Å². The van der Waals surface area contributed by atoms with Crippen molar-refractivity contribution < 1.29 is 14.0 Å². The second kappa shape index (κ2) is 6.22. The number of alkyl halides is 1. The van der Waals surface area contributed by atoms with Gasteiger partial charge in [-0.3, -0.25) is 9.59 Å². The number of carbonyl (C=O) groups excluding carboxylic acids is 2. The van der Waals surface area contributed by atoms with Gasteiger partial charge in [0.2, 0.25) is 0 Å². The van der Waals surface area contributed by atoms with E-state index in [0.717, 1.165) is 0 Å². The Bertz CT molecular complexity index is 611. The Labute approximate surface area is 120 Å². The Morgan fingerprint density at radius 1 is 1.60 bits per heavy atom. The third kappa shape index (κ3) is 3.16. The van der Waals surface area contributed by atoms with Crippen molar-refractivity contribution in [1.29, 1.82) is 0 Å². The van der Waals surface area contributed by atoms with E-state index in [1.165, 1.54) is 23.5 Å². The number of amides is 2. The summed E-state index contributed by atoms with van der Waals surface area (Å²) in [6.07, 6.45) is 9.35. The average Bonchev–Trinajstić information content (AvgIpc) is 2.93. The molecular formula is C14H11ClN2O3. The predicted octanol–water partition coefficient (Wildman–Crippen LogP) is 1.39. The topological polar surface area (TPSA) is 62.9 Å². The molecule has 1 atom stereocenters. The molecule has 0 saturated carbocycles. The lowest BCUT2D eigenvalue weighted by molar-refractivity contribution is -0.126. The fourth-order valence-electron chi connectivity index (χ4n) is 1.69. The third-order valence-corrected chi connectivity index (χ3v) is 2.95. The molecule has 0 aromatic carbocycles. The van der Waals surface area contributed by atoms with Crippen molar-refractivity contribution in [2.75, 3.05) is 6.54 Å². The van der Waals surface area contributed by atoms with E-state index in [9.17, 15) is 9.59 Å². The quantitative estimate of drug-likeness (QED) is 0.622. The summed E-state index contributed by atoms with van der Waals surface area (Å²) in [5, 5.41) is -0.921. The molecule has 20 heavy (non-hydrogen) atoms. The number of carbonyl (C=O) groups is 2. The zero-order chi connectivity index (χ0) is 14.5. The van der Waals surface area contributed by atoms with Crippen molar-refractivity contribution in [1.82, 2.24) is 4.90 Å². The normalized spacial score (nSPS) is 17.5. The maximum atomic E-state index is 12.3. The zero-order valence-corrected chi connectivity index (χ0v) is 11.2. The van der Waals surface area contributed by atoms with Crippen LogP contribution in [0.5, 0.6) is 0 Å². The van der Waals surface area contributed by atoms with E-state index in [0.29, 0.717) is 5.76 Å². The molecule has 1 unspecified atom stereocenters. The summed E-state index contributed by atoms with van der Waals surface area (Å²) >= 11 is 5.76. The number of terminal acetylenes is 1. The number of nitrogens with zero attached hydrogens (tertiary/aromatic N) is 2. The van der Waals surface area contributed by atoms with Crippen molar-refractivity contribution in [2.24, 2.45) is 4.99 Å². The second-order valence-electron chi connectivity index (χ2n) is 4.06. The number of rotatable bonds is 4. The molecule has 5 nitrogen and oxygen atoms in total. The minimum atomic E-state index is -0.921. The highest BCUT2D eigenvalue weighted by Crippen LogP contribution is 2.14. The van der Waals surface area contributed by atoms with Crippen LogP contribution in [0.25, 0.3) is 0 Å². The molecule has 102 valence electrons. The Hall–Kier alpha value is -2.32. The van der Waals surface area contributed by atoms with Crippen LogP contribution in [0.1, 0.15) is 5.76 Å². The summed E-state index contributed by atoms with van der Waals surface area (Å²) in [5.41, 5.74) is 0.242. The number of hydrogen-bond donors (Lipinski definition) is 0. The number of furan rings is 1. The first-order valence-corrected chi connectivity index (χ1v) is 6.24. The van der Waals surface area contributed by atoms with Gasteiger partial charge >= 0.3 is 0 Å². The van der Waals surface area contributed by atoms with Gasteiger partial charge in [0.1, 0.15) is 11.1 Å². The van der Waals surface area contributed by atoms with Gasteiger partial charge in [-0.1, -0.05) is 5.92 Å². The van der Waals surface area contributed by atoms with Crippen LogP contribution in [-0.4, -0.2) is 34.9 Å². The largest absolute Gasteiger partial charge is 0.467 e.